The van der Waals surface area contributed by atoms with Crippen molar-refractivity contribution in [1.29, 1.82) is 0 Å². The van der Waals surface area contributed by atoms with Crippen molar-refractivity contribution in [1.82, 2.24) is 4.90 Å². The Kier molecular flexibility index (Phi) is 5.77. The van der Waals surface area contributed by atoms with E-state index in [-0.39, 0.29) is 5.41 Å². The lowest BCUT2D eigenvalue weighted by molar-refractivity contribution is 0.0667. The second-order valence-electron chi connectivity index (χ2n) is 5.84. The number of hydrogen-bond acceptors (Lipinski definition) is 2. The molecular formula is C14H29NO. The van der Waals surface area contributed by atoms with Crippen LogP contribution in [-0.4, -0.2) is 36.2 Å². The van der Waals surface area contributed by atoms with Crippen molar-refractivity contribution in [3.8, 4) is 0 Å². The number of nitrogens with zero attached hydrogens (tertiary/aromatic N) is 1. The molecule has 0 aromatic heterocycles. The predicted molar refractivity (Wildman–Crippen MR) is 69.6 cm³/mol. The van der Waals surface area contributed by atoms with Crippen LogP contribution < -0.4 is 0 Å². The first-order valence-corrected chi connectivity index (χ1v) is 6.96. The fourth-order valence-corrected chi connectivity index (χ4v) is 2.70. The molecule has 1 aliphatic rings. The smallest absolute Gasteiger partial charge is 0.0497 e. The Morgan fingerprint density at radius 3 is 2.38 bits per heavy atom. The quantitative estimate of drug-likeness (QED) is 0.689. The summed E-state index contributed by atoms with van der Waals surface area (Å²) in [5, 5.41) is 9.54. The molecule has 1 unspecified atom stereocenters. The minimum atomic E-state index is 0.106. The molecule has 0 aromatic carbocycles. The number of aliphatic hydroxyl groups excluding tert-OH is 1. The Morgan fingerprint density at radius 2 is 2.00 bits per heavy atom. The van der Waals surface area contributed by atoms with Gasteiger partial charge < -0.3 is 10.0 Å². The molecule has 0 aliphatic heterocycles. The van der Waals surface area contributed by atoms with Crippen LogP contribution in [0.15, 0.2) is 0 Å². The van der Waals surface area contributed by atoms with Gasteiger partial charge in [-0.1, -0.05) is 33.6 Å². The Hall–Kier alpha value is -0.0800. The first kappa shape index (κ1) is 14.0. The molecule has 1 aliphatic carbocycles. The van der Waals surface area contributed by atoms with Crippen LogP contribution in [0, 0.1) is 11.3 Å². The first-order chi connectivity index (χ1) is 7.63. The van der Waals surface area contributed by atoms with E-state index >= 15 is 0 Å². The van der Waals surface area contributed by atoms with Crippen molar-refractivity contribution in [3.63, 3.8) is 0 Å². The second-order valence-corrected chi connectivity index (χ2v) is 5.84. The lowest BCUT2D eigenvalue weighted by atomic mass is 9.83. The van der Waals surface area contributed by atoms with Crippen LogP contribution >= 0.6 is 0 Å². The van der Waals surface area contributed by atoms with E-state index in [1.165, 1.54) is 25.8 Å². The van der Waals surface area contributed by atoms with E-state index in [1.807, 2.05) is 0 Å². The van der Waals surface area contributed by atoms with Crippen LogP contribution in [-0.2, 0) is 0 Å². The van der Waals surface area contributed by atoms with Gasteiger partial charge in [0.05, 0.1) is 0 Å². The molecule has 96 valence electrons. The lowest BCUT2D eigenvalue weighted by Crippen LogP contribution is -2.41. The molecule has 0 aromatic rings. The third-order valence-corrected chi connectivity index (χ3v) is 4.03. The summed E-state index contributed by atoms with van der Waals surface area (Å²) in [5.41, 5.74) is 0.106. The fraction of sp³-hybridized carbons (Fsp3) is 1.00. The van der Waals surface area contributed by atoms with Crippen LogP contribution in [0.25, 0.3) is 0 Å². The van der Waals surface area contributed by atoms with Crippen LogP contribution in [0.3, 0.4) is 0 Å². The summed E-state index contributed by atoms with van der Waals surface area (Å²) in [5.74, 6) is 0.935. The Bertz CT molecular complexity index is 191. The van der Waals surface area contributed by atoms with Gasteiger partial charge in [0.1, 0.15) is 0 Å². The highest BCUT2D eigenvalue weighted by Gasteiger charge is 2.27. The zero-order valence-corrected chi connectivity index (χ0v) is 11.3. The summed E-state index contributed by atoms with van der Waals surface area (Å²) < 4.78 is 0. The van der Waals surface area contributed by atoms with Gasteiger partial charge in [0.15, 0.2) is 0 Å². The maximum Gasteiger partial charge on any atom is 0.0497 e. The molecule has 0 saturated heterocycles. The van der Waals surface area contributed by atoms with Gasteiger partial charge in [-0.25, -0.2) is 0 Å². The van der Waals surface area contributed by atoms with E-state index in [4.69, 9.17) is 0 Å². The summed E-state index contributed by atoms with van der Waals surface area (Å²) >= 11 is 0. The molecule has 1 atom stereocenters. The Morgan fingerprint density at radius 1 is 1.31 bits per heavy atom. The Balaban J connectivity index is 2.39. The van der Waals surface area contributed by atoms with Gasteiger partial charge >= 0.3 is 0 Å². The molecule has 0 spiro atoms. The fourth-order valence-electron chi connectivity index (χ4n) is 2.70. The largest absolute Gasteiger partial charge is 0.396 e. The molecule has 2 heteroatoms. The summed E-state index contributed by atoms with van der Waals surface area (Å²) in [6.45, 7) is 10.4. The van der Waals surface area contributed by atoms with Crippen molar-refractivity contribution in [2.45, 2.75) is 52.9 Å². The van der Waals surface area contributed by atoms with E-state index in [9.17, 15) is 5.11 Å². The predicted octanol–water partition coefficient (Wildman–Crippen LogP) is 2.91. The molecule has 1 saturated carbocycles. The van der Waals surface area contributed by atoms with Crippen molar-refractivity contribution >= 4 is 0 Å². The standard InChI is InChI=1S/C14H29NO/c1-4-9-14(3,12-16)11-15(5-2)10-13-7-6-8-13/h13,16H,4-12H2,1-3H3. The molecule has 2 nitrogen and oxygen atoms in total. The monoisotopic (exact) mass is 227 g/mol. The summed E-state index contributed by atoms with van der Waals surface area (Å²) in [6, 6.07) is 0. The number of rotatable bonds is 8. The SMILES string of the molecule is CCCC(C)(CO)CN(CC)CC1CCC1. The van der Waals surface area contributed by atoms with Gasteiger partial charge in [-0.2, -0.15) is 0 Å². The third-order valence-electron chi connectivity index (χ3n) is 4.03. The van der Waals surface area contributed by atoms with E-state index in [1.54, 1.807) is 0 Å². The van der Waals surface area contributed by atoms with E-state index in [0.717, 1.165) is 31.8 Å². The molecule has 0 radical (unpaired) electrons. The van der Waals surface area contributed by atoms with Gasteiger partial charge in [0.2, 0.25) is 0 Å². The normalized spacial score (nSPS) is 20.8. The highest BCUT2D eigenvalue weighted by molar-refractivity contribution is 4.80. The highest BCUT2D eigenvalue weighted by Crippen LogP contribution is 2.29. The van der Waals surface area contributed by atoms with Crippen molar-refractivity contribution in [2.75, 3.05) is 26.2 Å². The number of aliphatic hydroxyl groups is 1. The summed E-state index contributed by atoms with van der Waals surface area (Å²) in [6.07, 6.45) is 6.55. The minimum Gasteiger partial charge on any atom is -0.396 e. The zero-order chi connectivity index (χ0) is 12.0. The van der Waals surface area contributed by atoms with Gasteiger partial charge in [-0.15, -0.1) is 0 Å². The maximum atomic E-state index is 9.54. The van der Waals surface area contributed by atoms with E-state index < -0.39 is 0 Å². The minimum absolute atomic E-state index is 0.106. The van der Waals surface area contributed by atoms with Crippen molar-refractivity contribution < 1.29 is 5.11 Å². The molecule has 0 heterocycles. The van der Waals surface area contributed by atoms with E-state index in [0.29, 0.717) is 6.61 Å². The van der Waals surface area contributed by atoms with Gasteiger partial charge in [0, 0.05) is 25.1 Å². The average Bonchev–Trinajstić information content (AvgIpc) is 2.22. The molecule has 1 rings (SSSR count). The van der Waals surface area contributed by atoms with E-state index in [2.05, 4.69) is 25.7 Å². The molecular weight excluding hydrogens is 198 g/mol. The van der Waals surface area contributed by atoms with Crippen LogP contribution in [0.4, 0.5) is 0 Å². The van der Waals surface area contributed by atoms with Crippen molar-refractivity contribution in [2.24, 2.45) is 11.3 Å². The molecule has 1 N–H and O–H groups in total. The summed E-state index contributed by atoms with van der Waals surface area (Å²) in [4.78, 5) is 2.54. The molecule has 0 bridgehead atoms. The zero-order valence-electron chi connectivity index (χ0n) is 11.3. The highest BCUT2D eigenvalue weighted by atomic mass is 16.3. The van der Waals surface area contributed by atoms with Gasteiger partial charge in [-0.05, 0) is 31.7 Å². The molecule has 0 amide bonds. The lowest BCUT2D eigenvalue weighted by Gasteiger charge is -2.37. The first-order valence-electron chi connectivity index (χ1n) is 6.96. The van der Waals surface area contributed by atoms with Gasteiger partial charge in [-0.3, -0.25) is 0 Å². The van der Waals surface area contributed by atoms with Crippen LogP contribution in [0.2, 0.25) is 0 Å². The topological polar surface area (TPSA) is 23.5 Å². The second kappa shape index (κ2) is 6.61. The third kappa shape index (κ3) is 4.06. The molecule has 16 heavy (non-hydrogen) atoms. The molecule has 1 fully saturated rings. The maximum absolute atomic E-state index is 9.54. The Labute approximate surface area is 101 Å². The van der Waals surface area contributed by atoms with Gasteiger partial charge in [0.25, 0.3) is 0 Å². The number of hydrogen-bond donors (Lipinski definition) is 1. The van der Waals surface area contributed by atoms with Crippen molar-refractivity contribution in [3.05, 3.63) is 0 Å². The van der Waals surface area contributed by atoms with Crippen LogP contribution in [0.1, 0.15) is 52.9 Å². The van der Waals surface area contributed by atoms with Crippen LogP contribution in [0.5, 0.6) is 0 Å². The average molecular weight is 227 g/mol. The summed E-state index contributed by atoms with van der Waals surface area (Å²) in [7, 11) is 0.